The maximum Gasteiger partial charge on any atom is 0.303 e. The molecule has 3 rings (SSSR count). The molecule has 6 heteroatoms. The summed E-state index contributed by atoms with van der Waals surface area (Å²) in [5.74, 6) is -0.549. The Morgan fingerprint density at radius 2 is 1.92 bits per heavy atom. The molecule has 2 aromatic rings. The van der Waals surface area contributed by atoms with Crippen LogP contribution in [0.3, 0.4) is 0 Å². The average Bonchev–Trinajstić information content (AvgIpc) is 3.20. The molecule has 0 unspecified atom stereocenters. The Morgan fingerprint density at radius 1 is 1.16 bits per heavy atom. The van der Waals surface area contributed by atoms with Gasteiger partial charge in [-0.1, -0.05) is 30.3 Å². The first-order valence-corrected chi connectivity index (χ1v) is 8.44. The highest BCUT2D eigenvalue weighted by molar-refractivity contribution is 5.74. The van der Waals surface area contributed by atoms with Crippen molar-refractivity contribution in [2.75, 3.05) is 0 Å². The minimum absolute atomic E-state index is 0.0646. The van der Waals surface area contributed by atoms with E-state index in [1.165, 1.54) is 18.5 Å². The van der Waals surface area contributed by atoms with Crippen LogP contribution < -0.4 is 0 Å². The van der Waals surface area contributed by atoms with E-state index in [2.05, 4.69) is 5.10 Å². The fourth-order valence-electron chi connectivity index (χ4n) is 3.26. The maximum absolute atomic E-state index is 11.6. The normalized spacial score (nSPS) is 22.7. The molecule has 0 spiro atoms. The van der Waals surface area contributed by atoms with Gasteiger partial charge in [0.1, 0.15) is 6.10 Å². The number of benzene rings is 1. The fraction of sp³-hybridized carbons (Fsp3) is 0.421. The molecule has 25 heavy (non-hydrogen) atoms. The summed E-state index contributed by atoms with van der Waals surface area (Å²) < 4.78 is 12.9. The molecule has 1 aromatic carbocycles. The van der Waals surface area contributed by atoms with Crippen molar-refractivity contribution in [3.05, 3.63) is 53.9 Å². The van der Waals surface area contributed by atoms with Crippen LogP contribution in [0.2, 0.25) is 0 Å². The minimum Gasteiger partial charge on any atom is -0.459 e. The summed E-state index contributed by atoms with van der Waals surface area (Å²) in [5.41, 5.74) is 1.83. The number of ether oxygens (including phenoxy) is 2. The average molecular weight is 342 g/mol. The predicted octanol–water partition coefficient (Wildman–Crippen LogP) is 2.94. The number of nitrogens with zero attached hydrogens (tertiary/aromatic N) is 2. The first kappa shape index (κ1) is 17.4. The first-order chi connectivity index (χ1) is 12.0. The summed E-state index contributed by atoms with van der Waals surface area (Å²) in [6, 6.07) is 11.7. The van der Waals surface area contributed by atoms with Crippen LogP contribution in [-0.4, -0.2) is 33.9 Å². The number of hydrogen-bond acceptors (Lipinski definition) is 5. The van der Waals surface area contributed by atoms with Crippen molar-refractivity contribution >= 4 is 11.9 Å². The number of aromatic nitrogens is 2. The van der Waals surface area contributed by atoms with Crippen molar-refractivity contribution in [3.63, 3.8) is 0 Å². The van der Waals surface area contributed by atoms with E-state index in [0.717, 1.165) is 24.1 Å². The molecule has 1 fully saturated rings. The van der Waals surface area contributed by atoms with Crippen LogP contribution in [0.1, 0.15) is 48.7 Å². The van der Waals surface area contributed by atoms with Gasteiger partial charge in [0.15, 0.2) is 0 Å². The Balaban J connectivity index is 1.73. The van der Waals surface area contributed by atoms with Crippen LogP contribution in [0, 0.1) is 0 Å². The summed E-state index contributed by atoms with van der Waals surface area (Å²) in [6.45, 7) is 3.33. The van der Waals surface area contributed by atoms with Gasteiger partial charge >= 0.3 is 5.97 Å². The number of carbonyl (C=O) groups excluding carboxylic acids is 2. The van der Waals surface area contributed by atoms with Crippen molar-refractivity contribution in [2.24, 2.45) is 0 Å². The van der Waals surface area contributed by atoms with Gasteiger partial charge in [-0.05, 0) is 24.5 Å². The number of carbonyl (C=O) groups is 2. The maximum atomic E-state index is 11.6. The van der Waals surface area contributed by atoms with Crippen molar-refractivity contribution < 1.29 is 19.1 Å². The van der Waals surface area contributed by atoms with Crippen LogP contribution in [0.15, 0.2) is 42.6 Å². The van der Waals surface area contributed by atoms with Crippen LogP contribution in [0.4, 0.5) is 0 Å². The molecule has 3 atom stereocenters. The van der Waals surface area contributed by atoms with Crippen molar-refractivity contribution in [2.45, 2.75) is 51.4 Å². The van der Waals surface area contributed by atoms with Crippen molar-refractivity contribution in [3.8, 4) is 0 Å². The highest BCUT2D eigenvalue weighted by Crippen LogP contribution is 2.38. The van der Waals surface area contributed by atoms with Crippen molar-refractivity contribution in [1.82, 2.24) is 9.78 Å². The van der Waals surface area contributed by atoms with Crippen LogP contribution in [0.5, 0.6) is 0 Å². The lowest BCUT2D eigenvalue weighted by molar-refractivity contribution is -0.154. The second-order valence-corrected chi connectivity index (χ2v) is 6.30. The summed E-state index contributed by atoms with van der Waals surface area (Å²) in [7, 11) is 0. The van der Waals surface area contributed by atoms with Gasteiger partial charge in [-0.2, -0.15) is 5.10 Å². The zero-order valence-corrected chi connectivity index (χ0v) is 14.4. The summed E-state index contributed by atoms with van der Waals surface area (Å²) in [5, 5.41) is 4.32. The summed E-state index contributed by atoms with van der Waals surface area (Å²) in [6.07, 6.45) is 2.64. The monoisotopic (exact) mass is 342 g/mol. The molecule has 6 nitrogen and oxygen atoms in total. The topological polar surface area (TPSA) is 70.4 Å². The lowest BCUT2D eigenvalue weighted by Gasteiger charge is -2.24. The van der Waals surface area contributed by atoms with Gasteiger partial charge in [0, 0.05) is 26.0 Å². The van der Waals surface area contributed by atoms with Gasteiger partial charge in [-0.25, -0.2) is 4.68 Å². The molecular weight excluding hydrogens is 320 g/mol. The number of rotatable bonds is 5. The van der Waals surface area contributed by atoms with E-state index < -0.39 is 6.10 Å². The van der Waals surface area contributed by atoms with E-state index in [0.29, 0.717) is 6.61 Å². The Kier molecular flexibility index (Phi) is 5.28. The van der Waals surface area contributed by atoms with E-state index in [9.17, 15) is 9.59 Å². The molecule has 0 aliphatic heterocycles. The van der Waals surface area contributed by atoms with E-state index in [1.807, 2.05) is 36.4 Å². The Labute approximate surface area is 146 Å². The molecule has 0 N–H and O–H groups in total. The Morgan fingerprint density at radius 3 is 2.56 bits per heavy atom. The fourth-order valence-corrected chi connectivity index (χ4v) is 3.26. The van der Waals surface area contributed by atoms with Crippen LogP contribution in [-0.2, 0) is 20.9 Å². The van der Waals surface area contributed by atoms with E-state index in [4.69, 9.17) is 9.47 Å². The molecule has 1 heterocycles. The SMILES string of the molecule is CC(=O)O[C@@H]1[C@H](OCc2ccccc2)CC[C@H]1c1ccn(C(C)=O)n1. The largest absolute Gasteiger partial charge is 0.459 e. The van der Waals surface area contributed by atoms with E-state index in [1.54, 1.807) is 6.20 Å². The Hall–Kier alpha value is -2.47. The van der Waals surface area contributed by atoms with Crippen LogP contribution in [0.25, 0.3) is 0 Å². The molecule has 0 radical (unpaired) electrons. The molecule has 1 aromatic heterocycles. The third-order valence-corrected chi connectivity index (χ3v) is 4.45. The Bertz CT molecular complexity index is 741. The van der Waals surface area contributed by atoms with Gasteiger partial charge in [-0.15, -0.1) is 0 Å². The van der Waals surface area contributed by atoms with Gasteiger partial charge in [0.2, 0.25) is 5.91 Å². The molecule has 1 aliphatic rings. The smallest absolute Gasteiger partial charge is 0.303 e. The first-order valence-electron chi connectivity index (χ1n) is 8.44. The lowest BCUT2D eigenvalue weighted by Crippen LogP contribution is -2.32. The van der Waals surface area contributed by atoms with E-state index in [-0.39, 0.29) is 23.9 Å². The number of esters is 1. The van der Waals surface area contributed by atoms with Gasteiger partial charge in [-0.3, -0.25) is 9.59 Å². The molecule has 0 saturated heterocycles. The summed E-state index contributed by atoms with van der Waals surface area (Å²) in [4.78, 5) is 23.0. The van der Waals surface area contributed by atoms with Crippen LogP contribution >= 0.6 is 0 Å². The lowest BCUT2D eigenvalue weighted by atomic mass is 10.0. The second kappa shape index (κ2) is 7.61. The molecule has 0 amide bonds. The third-order valence-electron chi connectivity index (χ3n) is 4.45. The third kappa shape index (κ3) is 4.14. The zero-order valence-electron chi connectivity index (χ0n) is 14.4. The van der Waals surface area contributed by atoms with Gasteiger partial charge in [0.05, 0.1) is 18.4 Å². The molecule has 1 aliphatic carbocycles. The van der Waals surface area contributed by atoms with E-state index >= 15 is 0 Å². The standard InChI is InChI=1S/C19H22N2O4/c1-13(22)21-11-10-17(20-21)16-8-9-18(19(16)25-14(2)23)24-12-15-6-4-3-5-7-15/h3-7,10-11,16,18-19H,8-9,12H2,1-2H3/t16-,18+,19-/m0/s1. The highest BCUT2D eigenvalue weighted by Gasteiger charge is 2.41. The van der Waals surface area contributed by atoms with Gasteiger partial charge in [0.25, 0.3) is 0 Å². The predicted molar refractivity (Wildman–Crippen MR) is 91.1 cm³/mol. The molecule has 0 bridgehead atoms. The van der Waals surface area contributed by atoms with Gasteiger partial charge < -0.3 is 9.47 Å². The van der Waals surface area contributed by atoms with Crippen molar-refractivity contribution in [1.29, 1.82) is 0 Å². The highest BCUT2D eigenvalue weighted by atomic mass is 16.6. The molecule has 1 saturated carbocycles. The summed E-state index contributed by atoms with van der Waals surface area (Å²) >= 11 is 0. The zero-order chi connectivity index (χ0) is 17.8. The second-order valence-electron chi connectivity index (χ2n) is 6.30. The minimum atomic E-state index is -0.392. The quantitative estimate of drug-likeness (QED) is 0.781. The molecule has 132 valence electrons. The molecular formula is C19H22N2O4. The number of hydrogen-bond donors (Lipinski definition) is 0.